The number of ether oxygens (including phenoxy) is 2. The van der Waals surface area contributed by atoms with Crippen molar-refractivity contribution in [3.63, 3.8) is 0 Å². The largest absolute Gasteiger partial charge is 0.481 e. The predicted octanol–water partition coefficient (Wildman–Crippen LogP) is 3.16. The molecule has 0 spiro atoms. The summed E-state index contributed by atoms with van der Waals surface area (Å²) in [5.41, 5.74) is 3.48. The summed E-state index contributed by atoms with van der Waals surface area (Å²) in [4.78, 5) is 36.2. The molecular weight excluding hydrogens is 424 g/mol. The minimum atomic E-state index is -0.968. The number of benzene rings is 2. The molecule has 0 bridgehead atoms. The molecule has 2 amide bonds. The zero-order chi connectivity index (χ0) is 24.0. The van der Waals surface area contributed by atoms with E-state index in [0.29, 0.717) is 0 Å². The van der Waals surface area contributed by atoms with Crippen molar-refractivity contribution >= 4 is 18.0 Å². The highest BCUT2D eigenvalue weighted by molar-refractivity contribution is 5.86. The van der Waals surface area contributed by atoms with Gasteiger partial charge in [-0.2, -0.15) is 0 Å². The molecule has 0 saturated carbocycles. The molecule has 1 aliphatic rings. The molecular formula is C25H30N2O6. The fourth-order valence-electron chi connectivity index (χ4n) is 3.86. The van der Waals surface area contributed by atoms with Gasteiger partial charge in [-0.1, -0.05) is 48.5 Å². The maximum atomic E-state index is 12.5. The van der Waals surface area contributed by atoms with E-state index in [4.69, 9.17) is 9.47 Å². The average molecular weight is 455 g/mol. The molecule has 176 valence electrons. The molecule has 8 nitrogen and oxygen atoms in total. The molecule has 1 aliphatic carbocycles. The van der Waals surface area contributed by atoms with Crippen LogP contribution < -0.4 is 10.6 Å². The first-order valence-corrected chi connectivity index (χ1v) is 10.9. The Hall–Kier alpha value is -3.39. The third-order valence-electron chi connectivity index (χ3n) is 5.91. The summed E-state index contributed by atoms with van der Waals surface area (Å²) in [6.07, 6.45) is -0.474. The summed E-state index contributed by atoms with van der Waals surface area (Å²) < 4.78 is 10.6. The second-order valence-electron chi connectivity index (χ2n) is 8.71. The van der Waals surface area contributed by atoms with Gasteiger partial charge in [0.15, 0.2) is 0 Å². The molecule has 0 saturated heterocycles. The van der Waals surface area contributed by atoms with Crippen LogP contribution >= 0.6 is 0 Å². The lowest BCUT2D eigenvalue weighted by Gasteiger charge is -2.21. The fraction of sp³-hybridized carbons (Fsp3) is 0.400. The first-order chi connectivity index (χ1) is 15.7. The summed E-state index contributed by atoms with van der Waals surface area (Å²) in [5.74, 6) is -1.50. The number of aliphatic carboxylic acids is 1. The van der Waals surface area contributed by atoms with Crippen molar-refractivity contribution < 1.29 is 29.0 Å². The number of carbonyl (C=O) groups is 3. The van der Waals surface area contributed by atoms with Crippen LogP contribution in [0.25, 0.3) is 11.1 Å². The van der Waals surface area contributed by atoms with Gasteiger partial charge in [-0.25, -0.2) is 4.79 Å². The van der Waals surface area contributed by atoms with Crippen LogP contribution in [0.5, 0.6) is 0 Å². The van der Waals surface area contributed by atoms with Crippen LogP contribution in [0.4, 0.5) is 4.79 Å². The van der Waals surface area contributed by atoms with E-state index in [0.717, 1.165) is 22.3 Å². The Morgan fingerprint density at radius 2 is 1.61 bits per heavy atom. The highest BCUT2D eigenvalue weighted by atomic mass is 16.5. The number of alkyl carbamates (subject to hydrolysis) is 1. The second kappa shape index (κ2) is 10.5. The van der Waals surface area contributed by atoms with Gasteiger partial charge < -0.3 is 25.2 Å². The Labute approximate surface area is 193 Å². The van der Waals surface area contributed by atoms with E-state index < -0.39 is 29.4 Å². The number of carbonyl (C=O) groups excluding carboxylic acids is 2. The van der Waals surface area contributed by atoms with Crippen LogP contribution in [-0.2, 0) is 19.1 Å². The van der Waals surface area contributed by atoms with Crippen LogP contribution in [0.1, 0.15) is 37.3 Å². The number of carboxylic acid groups (broad SMARTS) is 1. The van der Waals surface area contributed by atoms with Gasteiger partial charge in [0.05, 0.1) is 12.0 Å². The Kier molecular flexibility index (Phi) is 7.71. The summed E-state index contributed by atoms with van der Waals surface area (Å²) in [6.45, 7) is 3.42. The van der Waals surface area contributed by atoms with E-state index in [1.807, 2.05) is 36.4 Å². The lowest BCUT2D eigenvalue weighted by Crippen LogP contribution is -2.50. The van der Waals surface area contributed by atoms with Gasteiger partial charge in [0.25, 0.3) is 0 Å². The lowest BCUT2D eigenvalue weighted by atomic mass is 9.90. The number of methoxy groups -OCH3 is 1. The zero-order valence-corrected chi connectivity index (χ0v) is 19.1. The normalized spacial score (nSPS) is 13.5. The van der Waals surface area contributed by atoms with Gasteiger partial charge in [-0.3, -0.25) is 9.59 Å². The van der Waals surface area contributed by atoms with Crippen molar-refractivity contribution in [2.24, 2.45) is 5.41 Å². The summed E-state index contributed by atoms with van der Waals surface area (Å²) in [6, 6.07) is 15.1. The summed E-state index contributed by atoms with van der Waals surface area (Å²) in [5, 5.41) is 14.4. The topological polar surface area (TPSA) is 114 Å². The molecule has 0 aromatic heterocycles. The van der Waals surface area contributed by atoms with Crippen LogP contribution in [0, 0.1) is 5.41 Å². The van der Waals surface area contributed by atoms with Crippen LogP contribution in [0.15, 0.2) is 48.5 Å². The number of carboxylic acids is 1. The minimum Gasteiger partial charge on any atom is -0.481 e. The smallest absolute Gasteiger partial charge is 0.407 e. The van der Waals surface area contributed by atoms with Crippen LogP contribution in [0.2, 0.25) is 0 Å². The number of hydrogen-bond donors (Lipinski definition) is 3. The molecule has 1 atom stereocenters. The molecule has 3 N–H and O–H groups in total. The van der Waals surface area contributed by atoms with Crippen molar-refractivity contribution in [3.8, 4) is 11.1 Å². The monoisotopic (exact) mass is 454 g/mol. The molecule has 2 aromatic rings. The SMILES string of the molecule is COCC(NC(=O)OCC1c2ccccc2-c2ccccc21)C(=O)NCCC(C)(C)C(=O)O. The van der Waals surface area contributed by atoms with Crippen molar-refractivity contribution in [2.75, 3.05) is 26.9 Å². The molecule has 33 heavy (non-hydrogen) atoms. The molecule has 8 heteroatoms. The van der Waals surface area contributed by atoms with Crippen molar-refractivity contribution in [3.05, 3.63) is 59.7 Å². The quantitative estimate of drug-likeness (QED) is 0.508. The van der Waals surface area contributed by atoms with Gasteiger partial charge in [-0.05, 0) is 42.5 Å². The third kappa shape index (κ3) is 5.70. The maximum Gasteiger partial charge on any atom is 0.407 e. The first-order valence-electron chi connectivity index (χ1n) is 10.9. The number of fused-ring (bicyclic) bond motifs is 3. The molecule has 3 rings (SSSR count). The fourth-order valence-corrected chi connectivity index (χ4v) is 3.86. The van der Waals surface area contributed by atoms with E-state index in [-0.39, 0.29) is 32.1 Å². The summed E-state index contributed by atoms with van der Waals surface area (Å²) in [7, 11) is 1.42. The highest BCUT2D eigenvalue weighted by Crippen LogP contribution is 2.44. The molecule has 2 aromatic carbocycles. The Morgan fingerprint density at radius 1 is 1.03 bits per heavy atom. The molecule has 0 radical (unpaired) electrons. The number of rotatable bonds is 10. The van der Waals surface area contributed by atoms with Gasteiger partial charge in [0.2, 0.25) is 5.91 Å². The number of amides is 2. The van der Waals surface area contributed by atoms with Crippen molar-refractivity contribution in [1.29, 1.82) is 0 Å². The average Bonchev–Trinajstić information content (AvgIpc) is 3.11. The van der Waals surface area contributed by atoms with Gasteiger partial charge in [0, 0.05) is 19.6 Å². The van der Waals surface area contributed by atoms with Crippen molar-refractivity contribution in [2.45, 2.75) is 32.2 Å². The second-order valence-corrected chi connectivity index (χ2v) is 8.71. The Balaban J connectivity index is 1.57. The third-order valence-corrected chi connectivity index (χ3v) is 5.91. The molecule has 1 unspecified atom stereocenters. The lowest BCUT2D eigenvalue weighted by molar-refractivity contribution is -0.147. The van der Waals surface area contributed by atoms with Gasteiger partial charge in [-0.15, -0.1) is 0 Å². The Bertz CT molecular complexity index is 974. The van der Waals surface area contributed by atoms with Gasteiger partial charge >= 0.3 is 12.1 Å². The maximum absolute atomic E-state index is 12.5. The van der Waals surface area contributed by atoms with Crippen molar-refractivity contribution in [1.82, 2.24) is 10.6 Å². The summed E-state index contributed by atoms with van der Waals surface area (Å²) >= 11 is 0. The van der Waals surface area contributed by atoms with E-state index in [2.05, 4.69) is 22.8 Å². The van der Waals surface area contributed by atoms with E-state index in [1.54, 1.807) is 13.8 Å². The van der Waals surface area contributed by atoms with E-state index in [9.17, 15) is 19.5 Å². The number of hydrogen-bond acceptors (Lipinski definition) is 5. The zero-order valence-electron chi connectivity index (χ0n) is 19.1. The Morgan fingerprint density at radius 3 is 2.15 bits per heavy atom. The van der Waals surface area contributed by atoms with E-state index in [1.165, 1.54) is 7.11 Å². The van der Waals surface area contributed by atoms with Gasteiger partial charge in [0.1, 0.15) is 12.6 Å². The molecule has 0 heterocycles. The highest BCUT2D eigenvalue weighted by Gasteiger charge is 2.30. The predicted molar refractivity (Wildman–Crippen MR) is 123 cm³/mol. The van der Waals surface area contributed by atoms with E-state index >= 15 is 0 Å². The molecule has 0 aliphatic heterocycles. The minimum absolute atomic E-state index is 0.0433. The molecule has 0 fully saturated rings. The first kappa shape index (κ1) is 24.3. The van der Waals surface area contributed by atoms with Crippen LogP contribution in [0.3, 0.4) is 0 Å². The standard InChI is InChI=1S/C25H30N2O6/c1-25(2,23(29)30)12-13-26-22(28)21(15-32-3)27-24(31)33-14-20-18-10-6-4-8-16(18)17-9-5-7-11-19(17)20/h4-11,20-21H,12-15H2,1-3H3,(H,26,28)(H,27,31)(H,29,30). The number of nitrogens with one attached hydrogen (secondary N) is 2. The van der Waals surface area contributed by atoms with Crippen LogP contribution in [-0.4, -0.2) is 56.0 Å².